The van der Waals surface area contributed by atoms with Crippen molar-refractivity contribution in [1.29, 1.82) is 0 Å². The molecule has 0 aliphatic heterocycles. The van der Waals surface area contributed by atoms with E-state index < -0.39 is 0 Å². The van der Waals surface area contributed by atoms with Gasteiger partial charge in [-0.05, 0) is 6.07 Å². The van der Waals surface area contributed by atoms with Crippen LogP contribution in [0.4, 0.5) is 5.82 Å². The summed E-state index contributed by atoms with van der Waals surface area (Å²) in [5, 5.41) is 9.05. The molecule has 0 aliphatic rings. The molecule has 2 N–H and O–H groups in total. The second kappa shape index (κ2) is 3.10. The molecule has 1 aromatic carbocycles. The highest BCUT2D eigenvalue weighted by Gasteiger charge is 2.10. The van der Waals surface area contributed by atoms with Crippen LogP contribution in [-0.2, 0) is 7.05 Å². The molecule has 0 amide bonds. The smallest absolute Gasteiger partial charge is 0.167 e. The molecule has 5 heteroatoms. The maximum atomic E-state index is 5.76. The van der Waals surface area contributed by atoms with Crippen LogP contribution in [-0.4, -0.2) is 14.9 Å². The summed E-state index contributed by atoms with van der Waals surface area (Å²) >= 11 is 0. The van der Waals surface area contributed by atoms with Crippen LogP contribution in [0.3, 0.4) is 0 Å². The summed E-state index contributed by atoms with van der Waals surface area (Å²) in [7, 11) is 1.81. The van der Waals surface area contributed by atoms with Crippen molar-refractivity contribution >= 4 is 16.8 Å². The van der Waals surface area contributed by atoms with E-state index in [0.717, 1.165) is 22.2 Å². The first-order valence-corrected chi connectivity index (χ1v) is 4.89. The van der Waals surface area contributed by atoms with Gasteiger partial charge in [-0.2, -0.15) is 5.10 Å². The van der Waals surface area contributed by atoms with E-state index in [9.17, 15) is 0 Å². The molecule has 0 atom stereocenters. The summed E-state index contributed by atoms with van der Waals surface area (Å²) in [4.78, 5) is 0. The SMILES string of the molecule is Cn1nc(-c2cccc3oncc23)cc1N. The number of anilines is 1. The van der Waals surface area contributed by atoms with E-state index in [-0.39, 0.29) is 0 Å². The van der Waals surface area contributed by atoms with Crippen molar-refractivity contribution < 1.29 is 4.52 Å². The van der Waals surface area contributed by atoms with E-state index in [0.29, 0.717) is 5.82 Å². The second-order valence-electron chi connectivity index (χ2n) is 3.62. The maximum absolute atomic E-state index is 5.76. The first-order valence-electron chi connectivity index (χ1n) is 4.89. The average Bonchev–Trinajstić information content (AvgIpc) is 2.85. The number of aromatic nitrogens is 3. The van der Waals surface area contributed by atoms with Crippen LogP contribution < -0.4 is 5.73 Å². The van der Waals surface area contributed by atoms with Gasteiger partial charge >= 0.3 is 0 Å². The summed E-state index contributed by atoms with van der Waals surface area (Å²) in [5.41, 5.74) is 8.32. The van der Waals surface area contributed by atoms with Gasteiger partial charge in [0.1, 0.15) is 5.82 Å². The van der Waals surface area contributed by atoms with Gasteiger partial charge in [0.25, 0.3) is 0 Å². The Kier molecular flexibility index (Phi) is 1.73. The Hall–Kier alpha value is -2.30. The van der Waals surface area contributed by atoms with E-state index in [4.69, 9.17) is 10.3 Å². The largest absolute Gasteiger partial charge is 0.384 e. The van der Waals surface area contributed by atoms with Crippen molar-refractivity contribution in [2.75, 3.05) is 5.73 Å². The lowest BCUT2D eigenvalue weighted by Gasteiger charge is -1.96. The monoisotopic (exact) mass is 214 g/mol. The molecule has 0 unspecified atom stereocenters. The Labute approximate surface area is 91.4 Å². The number of benzene rings is 1. The maximum Gasteiger partial charge on any atom is 0.167 e. The molecule has 0 bridgehead atoms. The van der Waals surface area contributed by atoms with Crippen molar-refractivity contribution in [3.05, 3.63) is 30.5 Å². The number of hydrogen-bond donors (Lipinski definition) is 1. The molecule has 0 fully saturated rings. The van der Waals surface area contributed by atoms with Crippen molar-refractivity contribution in [3.63, 3.8) is 0 Å². The number of hydrogen-bond acceptors (Lipinski definition) is 4. The number of nitrogens with zero attached hydrogens (tertiary/aromatic N) is 3. The van der Waals surface area contributed by atoms with E-state index in [1.807, 2.05) is 31.3 Å². The minimum absolute atomic E-state index is 0.628. The van der Waals surface area contributed by atoms with E-state index >= 15 is 0 Å². The summed E-state index contributed by atoms with van der Waals surface area (Å²) in [5.74, 6) is 0.628. The van der Waals surface area contributed by atoms with Gasteiger partial charge < -0.3 is 10.3 Å². The molecule has 0 spiro atoms. The van der Waals surface area contributed by atoms with Crippen LogP contribution >= 0.6 is 0 Å². The van der Waals surface area contributed by atoms with Gasteiger partial charge in [-0.15, -0.1) is 0 Å². The third kappa shape index (κ3) is 1.18. The zero-order valence-electron chi connectivity index (χ0n) is 8.71. The molecular formula is C11H10N4O. The van der Waals surface area contributed by atoms with Crippen LogP contribution in [0.2, 0.25) is 0 Å². The van der Waals surface area contributed by atoms with Gasteiger partial charge in [-0.25, -0.2) is 0 Å². The molecule has 5 nitrogen and oxygen atoms in total. The summed E-state index contributed by atoms with van der Waals surface area (Å²) < 4.78 is 6.74. The first-order chi connectivity index (χ1) is 7.75. The average molecular weight is 214 g/mol. The van der Waals surface area contributed by atoms with Gasteiger partial charge in [0.2, 0.25) is 0 Å². The minimum Gasteiger partial charge on any atom is -0.384 e. The second-order valence-corrected chi connectivity index (χ2v) is 3.62. The standard InChI is InChI=1S/C11H10N4O/c1-15-11(12)5-9(14-15)7-3-2-4-10-8(7)6-13-16-10/h2-6H,12H2,1H3. The van der Waals surface area contributed by atoms with Crippen molar-refractivity contribution in [2.45, 2.75) is 0 Å². The van der Waals surface area contributed by atoms with E-state index in [1.54, 1.807) is 10.9 Å². The van der Waals surface area contributed by atoms with Gasteiger partial charge in [0, 0.05) is 18.7 Å². The zero-order chi connectivity index (χ0) is 11.1. The van der Waals surface area contributed by atoms with Crippen LogP contribution in [0.5, 0.6) is 0 Å². The summed E-state index contributed by atoms with van der Waals surface area (Å²) in [6.45, 7) is 0. The molecule has 0 aliphatic carbocycles. The minimum atomic E-state index is 0.628. The van der Waals surface area contributed by atoms with Crippen LogP contribution in [0.1, 0.15) is 0 Å². The highest BCUT2D eigenvalue weighted by molar-refractivity contribution is 5.92. The highest BCUT2D eigenvalue weighted by atomic mass is 16.5. The number of nitrogen functional groups attached to an aromatic ring is 1. The summed E-state index contributed by atoms with van der Waals surface area (Å²) in [6.07, 6.45) is 1.69. The van der Waals surface area contributed by atoms with Crippen LogP contribution in [0.15, 0.2) is 35.0 Å². The Bertz CT molecular complexity index is 633. The molecule has 2 heterocycles. The van der Waals surface area contributed by atoms with Crippen LogP contribution in [0, 0.1) is 0 Å². The lowest BCUT2D eigenvalue weighted by atomic mass is 10.1. The molecule has 0 saturated carbocycles. The van der Waals surface area contributed by atoms with Gasteiger partial charge in [0.15, 0.2) is 5.58 Å². The predicted octanol–water partition coefficient (Wildman–Crippen LogP) is 1.81. The Morgan fingerprint density at radius 1 is 1.38 bits per heavy atom. The van der Waals surface area contributed by atoms with Crippen molar-refractivity contribution in [2.24, 2.45) is 7.05 Å². The molecule has 0 saturated heterocycles. The highest BCUT2D eigenvalue weighted by Crippen LogP contribution is 2.28. The topological polar surface area (TPSA) is 69.9 Å². The molecule has 0 radical (unpaired) electrons. The van der Waals surface area contributed by atoms with Gasteiger partial charge in [-0.3, -0.25) is 4.68 Å². The molecule has 16 heavy (non-hydrogen) atoms. The van der Waals surface area contributed by atoms with Gasteiger partial charge in [0.05, 0.1) is 17.3 Å². The molecule has 3 aromatic rings. The Morgan fingerprint density at radius 3 is 3.00 bits per heavy atom. The number of fused-ring (bicyclic) bond motifs is 1. The van der Waals surface area contributed by atoms with Gasteiger partial charge in [-0.1, -0.05) is 17.3 Å². The molecular weight excluding hydrogens is 204 g/mol. The lowest BCUT2D eigenvalue weighted by Crippen LogP contribution is -1.96. The van der Waals surface area contributed by atoms with E-state index in [2.05, 4.69) is 10.3 Å². The number of nitrogens with two attached hydrogens (primary N) is 1. The number of rotatable bonds is 1. The van der Waals surface area contributed by atoms with Crippen molar-refractivity contribution in [3.8, 4) is 11.3 Å². The van der Waals surface area contributed by atoms with E-state index in [1.165, 1.54) is 0 Å². The summed E-state index contributed by atoms with van der Waals surface area (Å²) in [6, 6.07) is 7.59. The van der Waals surface area contributed by atoms with Crippen molar-refractivity contribution in [1.82, 2.24) is 14.9 Å². The third-order valence-electron chi connectivity index (χ3n) is 2.59. The third-order valence-corrected chi connectivity index (χ3v) is 2.59. The predicted molar refractivity (Wildman–Crippen MR) is 60.6 cm³/mol. The fourth-order valence-corrected chi connectivity index (χ4v) is 1.73. The van der Waals surface area contributed by atoms with Crippen LogP contribution in [0.25, 0.3) is 22.2 Å². The molecule has 80 valence electrons. The zero-order valence-corrected chi connectivity index (χ0v) is 8.71. The fraction of sp³-hybridized carbons (Fsp3) is 0.0909. The number of aryl methyl sites for hydroxylation is 1. The first kappa shape index (κ1) is 8.96. The normalized spacial score (nSPS) is 11.1. The fourth-order valence-electron chi connectivity index (χ4n) is 1.73. The molecule has 3 rings (SSSR count). The lowest BCUT2D eigenvalue weighted by molar-refractivity contribution is 0.456. The quantitative estimate of drug-likeness (QED) is 0.670. The Balaban J connectivity index is 2.29. The molecule has 2 aromatic heterocycles. The Morgan fingerprint density at radius 2 is 2.25 bits per heavy atom.